The fraction of sp³-hybridized carbons (Fsp3) is 0. The van der Waals surface area contributed by atoms with Gasteiger partial charge in [0.1, 0.15) is 16.9 Å². The molecule has 1 aromatic heterocycles. The maximum absolute atomic E-state index is 12.1. The third kappa shape index (κ3) is 2.87. The van der Waals surface area contributed by atoms with Crippen LogP contribution in [0, 0.1) is 0 Å². The molecule has 0 radical (unpaired) electrons. The van der Waals surface area contributed by atoms with E-state index >= 15 is 0 Å². The van der Waals surface area contributed by atoms with E-state index in [0.717, 1.165) is 37.9 Å². The summed E-state index contributed by atoms with van der Waals surface area (Å²) in [5.74, 6) is -0.873. The molecule has 2 N–H and O–H groups in total. The van der Waals surface area contributed by atoms with E-state index in [1.165, 1.54) is 6.07 Å². The molecule has 6 aromatic rings. The number of aromatic carboxylic acids is 1. The Kier molecular flexibility index (Phi) is 4.01. The molecule has 33 heavy (non-hydrogen) atoms. The Morgan fingerprint density at radius 1 is 0.697 bits per heavy atom. The quantitative estimate of drug-likeness (QED) is 0.247. The second-order valence-corrected chi connectivity index (χ2v) is 8.00. The molecule has 5 heteroatoms. The van der Waals surface area contributed by atoms with E-state index in [2.05, 4.69) is 0 Å². The van der Waals surface area contributed by atoms with Crippen LogP contribution in [-0.2, 0) is 0 Å². The van der Waals surface area contributed by atoms with Gasteiger partial charge in [-0.1, -0.05) is 30.3 Å². The van der Waals surface area contributed by atoms with E-state index in [9.17, 15) is 19.8 Å². The molecule has 5 nitrogen and oxygen atoms in total. The maximum atomic E-state index is 12.1. The van der Waals surface area contributed by atoms with Crippen LogP contribution in [0.1, 0.15) is 10.4 Å². The molecule has 0 saturated carbocycles. The highest BCUT2D eigenvalue weighted by molar-refractivity contribution is 6.20. The van der Waals surface area contributed by atoms with Crippen molar-refractivity contribution in [2.24, 2.45) is 0 Å². The summed E-state index contributed by atoms with van der Waals surface area (Å²) in [6, 6.07) is 24.2. The summed E-state index contributed by atoms with van der Waals surface area (Å²) in [6.07, 6.45) is 0. The van der Waals surface area contributed by atoms with E-state index in [0.29, 0.717) is 16.7 Å². The highest BCUT2D eigenvalue weighted by Gasteiger charge is 2.20. The van der Waals surface area contributed by atoms with Crippen LogP contribution in [0.2, 0.25) is 0 Å². The average Bonchev–Trinajstić information content (AvgIpc) is 2.82. The van der Waals surface area contributed by atoms with Gasteiger partial charge in [0.15, 0.2) is 5.43 Å². The predicted octanol–water partition coefficient (Wildman–Crippen LogP) is 6.32. The second-order valence-electron chi connectivity index (χ2n) is 8.00. The zero-order valence-electron chi connectivity index (χ0n) is 17.2. The minimum atomic E-state index is -1.02. The molecule has 1 heterocycles. The van der Waals surface area contributed by atoms with Gasteiger partial charge in [-0.05, 0) is 70.9 Å². The number of phenols is 1. The number of aromatic hydroxyl groups is 1. The summed E-state index contributed by atoms with van der Waals surface area (Å²) >= 11 is 0. The van der Waals surface area contributed by atoms with Crippen molar-refractivity contribution < 1.29 is 19.4 Å². The Bertz CT molecular complexity index is 1830. The highest BCUT2D eigenvalue weighted by atomic mass is 16.4. The van der Waals surface area contributed by atoms with Crippen molar-refractivity contribution in [3.8, 4) is 16.9 Å². The standard InChI is InChI=1S/C28H16O5/c29-17-7-11-19-15(13-17)5-9-23-25(21-3-1-2-4-22(21)28(31)32)24-10-6-16-14-18(30)8-12-20(16)27(24)33-26(19)23/h1-14,29H,(H,31,32). The van der Waals surface area contributed by atoms with Gasteiger partial charge >= 0.3 is 5.97 Å². The maximum Gasteiger partial charge on any atom is 0.336 e. The number of carboxylic acid groups (broad SMARTS) is 1. The molecular formula is C28H16O5. The number of carboxylic acids is 1. The molecule has 158 valence electrons. The molecule has 0 saturated heterocycles. The summed E-state index contributed by atoms with van der Waals surface area (Å²) in [5.41, 5.74) is 2.55. The number of hydrogen-bond acceptors (Lipinski definition) is 4. The lowest BCUT2D eigenvalue weighted by Crippen LogP contribution is -2.00. The SMILES string of the molecule is O=C(O)c1ccccc1-c1c2ccc3cc(O)ccc3c2oc2c1ccc1cc(=O)ccc12. The van der Waals surface area contributed by atoms with Gasteiger partial charge in [-0.25, -0.2) is 4.79 Å². The number of benzene rings is 5. The molecule has 0 spiro atoms. The van der Waals surface area contributed by atoms with Crippen molar-refractivity contribution in [1.82, 2.24) is 0 Å². The van der Waals surface area contributed by atoms with E-state index < -0.39 is 5.97 Å². The highest BCUT2D eigenvalue weighted by Crippen LogP contribution is 2.42. The van der Waals surface area contributed by atoms with Gasteiger partial charge in [-0.3, -0.25) is 4.79 Å². The smallest absolute Gasteiger partial charge is 0.336 e. The second kappa shape index (κ2) is 6.93. The number of hydrogen-bond donors (Lipinski definition) is 2. The number of phenolic OH excluding ortho intramolecular Hbond substituents is 1. The first-order valence-corrected chi connectivity index (χ1v) is 10.4. The lowest BCUT2D eigenvalue weighted by Gasteiger charge is -2.16. The van der Waals surface area contributed by atoms with Crippen molar-refractivity contribution in [3.05, 3.63) is 101 Å². The third-order valence-electron chi connectivity index (χ3n) is 6.07. The summed E-state index contributed by atoms with van der Waals surface area (Å²) < 4.78 is 6.48. The summed E-state index contributed by atoms with van der Waals surface area (Å²) in [6.45, 7) is 0. The van der Waals surface area contributed by atoms with Crippen molar-refractivity contribution in [1.29, 1.82) is 0 Å². The molecule has 0 amide bonds. The van der Waals surface area contributed by atoms with Crippen molar-refractivity contribution >= 4 is 49.5 Å². The summed E-state index contributed by atoms with van der Waals surface area (Å²) in [5, 5.41) is 24.4. The Labute approximate surface area is 186 Å². The number of carbonyl (C=O) groups is 1. The molecule has 6 rings (SSSR count). The molecular weight excluding hydrogens is 416 g/mol. The normalized spacial score (nSPS) is 11.5. The van der Waals surface area contributed by atoms with E-state index in [4.69, 9.17) is 4.42 Å². The number of rotatable bonds is 2. The number of fused-ring (bicyclic) bond motifs is 6. The zero-order chi connectivity index (χ0) is 22.7. The van der Waals surface area contributed by atoms with E-state index in [1.807, 2.05) is 30.3 Å². The Hall–Kier alpha value is -4.64. The van der Waals surface area contributed by atoms with E-state index in [1.54, 1.807) is 48.5 Å². The molecule has 5 aromatic carbocycles. The first-order valence-electron chi connectivity index (χ1n) is 10.4. The van der Waals surface area contributed by atoms with Gasteiger partial charge in [-0.2, -0.15) is 0 Å². The van der Waals surface area contributed by atoms with Crippen molar-refractivity contribution in [3.63, 3.8) is 0 Å². The Balaban J connectivity index is 1.90. The predicted molar refractivity (Wildman–Crippen MR) is 129 cm³/mol. The first-order chi connectivity index (χ1) is 16.0. The van der Waals surface area contributed by atoms with Crippen molar-refractivity contribution in [2.45, 2.75) is 0 Å². The van der Waals surface area contributed by atoms with Crippen LogP contribution in [0.25, 0.3) is 54.6 Å². The lowest BCUT2D eigenvalue weighted by atomic mass is 9.91. The van der Waals surface area contributed by atoms with E-state index in [-0.39, 0.29) is 16.7 Å². The molecule has 0 fully saturated rings. The first kappa shape index (κ1) is 19.1. The topological polar surface area (TPSA) is 87.7 Å². The Morgan fingerprint density at radius 3 is 2.00 bits per heavy atom. The van der Waals surface area contributed by atoms with Gasteiger partial charge in [0.05, 0.1) is 5.56 Å². The van der Waals surface area contributed by atoms with Crippen LogP contribution in [0.15, 0.2) is 94.1 Å². The van der Waals surface area contributed by atoms with Crippen LogP contribution in [0.4, 0.5) is 0 Å². The molecule has 0 aliphatic carbocycles. The molecule has 0 aliphatic heterocycles. The summed E-state index contributed by atoms with van der Waals surface area (Å²) in [7, 11) is 0. The Morgan fingerprint density at radius 2 is 1.30 bits per heavy atom. The van der Waals surface area contributed by atoms with Crippen LogP contribution in [0.5, 0.6) is 5.75 Å². The molecule has 0 atom stereocenters. The minimum Gasteiger partial charge on any atom is -0.508 e. The molecule has 0 aliphatic rings. The van der Waals surface area contributed by atoms with Gasteiger partial charge in [-0.15, -0.1) is 0 Å². The van der Waals surface area contributed by atoms with Crippen LogP contribution in [-0.4, -0.2) is 16.2 Å². The van der Waals surface area contributed by atoms with Crippen molar-refractivity contribution in [2.75, 3.05) is 0 Å². The monoisotopic (exact) mass is 432 g/mol. The molecule has 0 bridgehead atoms. The summed E-state index contributed by atoms with van der Waals surface area (Å²) in [4.78, 5) is 24.0. The van der Waals surface area contributed by atoms with Crippen LogP contribution < -0.4 is 5.43 Å². The fourth-order valence-electron chi connectivity index (χ4n) is 4.61. The van der Waals surface area contributed by atoms with Crippen LogP contribution >= 0.6 is 0 Å². The average molecular weight is 432 g/mol. The third-order valence-corrected chi connectivity index (χ3v) is 6.07. The van der Waals surface area contributed by atoms with Gasteiger partial charge in [0, 0.05) is 27.1 Å². The van der Waals surface area contributed by atoms with Crippen LogP contribution in [0.3, 0.4) is 0 Å². The minimum absolute atomic E-state index is 0.0972. The van der Waals surface area contributed by atoms with Gasteiger partial charge < -0.3 is 14.6 Å². The van der Waals surface area contributed by atoms with Gasteiger partial charge in [0.25, 0.3) is 0 Å². The fourth-order valence-corrected chi connectivity index (χ4v) is 4.61. The molecule has 0 unspecified atom stereocenters. The largest absolute Gasteiger partial charge is 0.508 e. The zero-order valence-corrected chi connectivity index (χ0v) is 17.2. The lowest BCUT2D eigenvalue weighted by molar-refractivity contribution is 0.0697. The van der Waals surface area contributed by atoms with Gasteiger partial charge in [0.2, 0.25) is 0 Å².